The Morgan fingerprint density at radius 1 is 1.11 bits per heavy atom. The summed E-state index contributed by atoms with van der Waals surface area (Å²) < 4.78 is 32.5. The lowest BCUT2D eigenvalue weighted by atomic mass is 10.1. The summed E-state index contributed by atoms with van der Waals surface area (Å²) in [5.41, 5.74) is 0.816. The van der Waals surface area contributed by atoms with E-state index in [1.165, 1.54) is 24.5 Å². The van der Waals surface area contributed by atoms with Crippen LogP contribution in [0.15, 0.2) is 67.3 Å². The maximum Gasteiger partial charge on any atom is 0.244 e. The number of carbonyl (C=O) groups is 1. The molecule has 28 heavy (non-hydrogen) atoms. The quantitative estimate of drug-likeness (QED) is 0.641. The van der Waals surface area contributed by atoms with E-state index in [2.05, 4.69) is 15.3 Å². The molecule has 3 rings (SSSR count). The summed E-state index contributed by atoms with van der Waals surface area (Å²) in [4.78, 5) is 19.9. The lowest BCUT2D eigenvalue weighted by molar-refractivity contribution is -0.117. The molecule has 0 bridgehead atoms. The topological polar surface area (TPSA) is 64.1 Å². The monoisotopic (exact) mass is 381 g/mol. The average molecular weight is 381 g/mol. The molecule has 1 atom stereocenters. The molecule has 1 aromatic heterocycles. The van der Waals surface area contributed by atoms with Gasteiger partial charge in [0, 0.05) is 11.6 Å². The normalized spacial score (nSPS) is 12.0. The number of halogens is 2. The van der Waals surface area contributed by atoms with Gasteiger partial charge in [-0.2, -0.15) is 0 Å². The van der Waals surface area contributed by atoms with Crippen LogP contribution in [-0.2, 0) is 4.79 Å². The highest BCUT2D eigenvalue weighted by atomic mass is 19.2. The van der Waals surface area contributed by atoms with Gasteiger partial charge in [0.25, 0.3) is 0 Å². The summed E-state index contributed by atoms with van der Waals surface area (Å²) in [6.45, 7) is 1.80. The van der Waals surface area contributed by atoms with E-state index in [1.807, 2.05) is 6.07 Å². The fourth-order valence-electron chi connectivity index (χ4n) is 2.48. The maximum absolute atomic E-state index is 13.6. The van der Waals surface area contributed by atoms with Crippen LogP contribution in [0.2, 0.25) is 0 Å². The summed E-state index contributed by atoms with van der Waals surface area (Å²) in [7, 11) is 0. The Kier molecular flexibility index (Phi) is 6.06. The third-order valence-corrected chi connectivity index (χ3v) is 3.89. The Bertz CT molecular complexity index is 994. The van der Waals surface area contributed by atoms with Gasteiger partial charge in [0.2, 0.25) is 5.91 Å². The van der Waals surface area contributed by atoms with E-state index >= 15 is 0 Å². The van der Waals surface area contributed by atoms with Gasteiger partial charge in [0.05, 0.1) is 18.4 Å². The van der Waals surface area contributed by atoms with E-state index in [1.54, 1.807) is 37.5 Å². The van der Waals surface area contributed by atoms with Crippen molar-refractivity contribution in [2.45, 2.75) is 13.0 Å². The number of nitrogens with one attached hydrogen (secondary N) is 1. The van der Waals surface area contributed by atoms with Crippen LogP contribution in [0, 0.1) is 11.6 Å². The van der Waals surface area contributed by atoms with Gasteiger partial charge in [0.15, 0.2) is 17.4 Å². The highest BCUT2D eigenvalue weighted by Crippen LogP contribution is 2.23. The molecular formula is C21H17F2N3O2. The van der Waals surface area contributed by atoms with Gasteiger partial charge in [-0.15, -0.1) is 0 Å². The van der Waals surface area contributed by atoms with Crippen LogP contribution >= 0.6 is 0 Å². The molecule has 0 aliphatic carbocycles. The van der Waals surface area contributed by atoms with Crippen molar-refractivity contribution in [3.05, 3.63) is 90.0 Å². The molecule has 7 heteroatoms. The largest absolute Gasteiger partial charge is 0.454 e. The fraction of sp³-hybridized carbons (Fsp3) is 0.0952. The number of rotatable bonds is 6. The highest BCUT2D eigenvalue weighted by molar-refractivity contribution is 5.92. The van der Waals surface area contributed by atoms with Crippen LogP contribution in [-0.4, -0.2) is 15.9 Å². The number of aromatic nitrogens is 2. The lowest BCUT2D eigenvalue weighted by Crippen LogP contribution is -2.24. The third-order valence-electron chi connectivity index (χ3n) is 3.89. The Morgan fingerprint density at radius 3 is 2.64 bits per heavy atom. The first-order valence-electron chi connectivity index (χ1n) is 8.48. The molecule has 1 N–H and O–H groups in total. The summed E-state index contributed by atoms with van der Waals surface area (Å²) in [6, 6.07) is 10.7. The SMILES string of the molecule is C[C@H](NC(=O)C=Cc1cccc(F)c1F)c1cccc(Oc2cncnc2)c1. The first-order chi connectivity index (χ1) is 13.5. The Morgan fingerprint density at radius 2 is 1.86 bits per heavy atom. The van der Waals surface area contributed by atoms with E-state index in [-0.39, 0.29) is 11.6 Å². The highest BCUT2D eigenvalue weighted by Gasteiger charge is 2.10. The van der Waals surface area contributed by atoms with Gasteiger partial charge < -0.3 is 10.1 Å². The smallest absolute Gasteiger partial charge is 0.244 e. The van der Waals surface area contributed by atoms with Crippen LogP contribution in [0.1, 0.15) is 24.1 Å². The Labute approximate surface area is 160 Å². The predicted molar refractivity (Wildman–Crippen MR) is 100 cm³/mol. The van der Waals surface area contributed by atoms with Crippen molar-refractivity contribution >= 4 is 12.0 Å². The molecule has 0 saturated heterocycles. The number of hydrogen-bond acceptors (Lipinski definition) is 4. The molecule has 0 unspecified atom stereocenters. The molecule has 1 amide bonds. The van der Waals surface area contributed by atoms with Crippen molar-refractivity contribution in [1.82, 2.24) is 15.3 Å². The maximum atomic E-state index is 13.6. The molecule has 0 radical (unpaired) electrons. The Hall–Kier alpha value is -3.61. The number of benzene rings is 2. The fourth-order valence-corrected chi connectivity index (χ4v) is 2.48. The summed E-state index contributed by atoms with van der Waals surface area (Å²) in [5, 5.41) is 2.77. The number of amides is 1. The van der Waals surface area contributed by atoms with Gasteiger partial charge in [-0.05, 0) is 36.8 Å². The number of carbonyl (C=O) groups excluding carboxylic acids is 1. The van der Waals surface area contributed by atoms with Crippen LogP contribution < -0.4 is 10.1 Å². The van der Waals surface area contributed by atoms with Gasteiger partial charge in [-0.25, -0.2) is 18.7 Å². The van der Waals surface area contributed by atoms with E-state index in [0.717, 1.165) is 17.7 Å². The molecule has 2 aromatic carbocycles. The lowest BCUT2D eigenvalue weighted by Gasteiger charge is -2.14. The minimum Gasteiger partial charge on any atom is -0.454 e. The van der Waals surface area contributed by atoms with Crippen LogP contribution in [0.5, 0.6) is 11.5 Å². The predicted octanol–water partition coefficient (Wildman–Crippen LogP) is 4.44. The van der Waals surface area contributed by atoms with Crippen molar-refractivity contribution < 1.29 is 18.3 Å². The van der Waals surface area contributed by atoms with Crippen molar-refractivity contribution in [2.75, 3.05) is 0 Å². The molecule has 3 aromatic rings. The second-order valence-corrected chi connectivity index (χ2v) is 5.96. The van der Waals surface area contributed by atoms with E-state index < -0.39 is 17.5 Å². The second-order valence-electron chi connectivity index (χ2n) is 5.96. The third kappa shape index (κ3) is 4.97. The zero-order valence-corrected chi connectivity index (χ0v) is 15.0. The zero-order chi connectivity index (χ0) is 19.9. The Balaban J connectivity index is 1.64. The van der Waals surface area contributed by atoms with E-state index in [9.17, 15) is 13.6 Å². The van der Waals surface area contributed by atoms with Gasteiger partial charge >= 0.3 is 0 Å². The molecule has 0 saturated carbocycles. The van der Waals surface area contributed by atoms with Crippen molar-refractivity contribution in [1.29, 1.82) is 0 Å². The summed E-state index contributed by atoms with van der Waals surface area (Å²) in [6.07, 6.45) is 6.89. The molecule has 5 nitrogen and oxygen atoms in total. The summed E-state index contributed by atoms with van der Waals surface area (Å²) >= 11 is 0. The molecule has 0 aliphatic rings. The second kappa shape index (κ2) is 8.85. The molecule has 0 spiro atoms. The number of nitrogens with zero attached hydrogens (tertiary/aromatic N) is 2. The first kappa shape index (κ1) is 19.2. The molecule has 0 fully saturated rings. The zero-order valence-electron chi connectivity index (χ0n) is 15.0. The molecular weight excluding hydrogens is 364 g/mol. The number of hydrogen-bond donors (Lipinski definition) is 1. The summed E-state index contributed by atoms with van der Waals surface area (Å²) in [5.74, 6) is -1.31. The average Bonchev–Trinajstić information content (AvgIpc) is 2.70. The van der Waals surface area contributed by atoms with Crippen molar-refractivity contribution in [3.63, 3.8) is 0 Å². The van der Waals surface area contributed by atoms with Crippen LogP contribution in [0.25, 0.3) is 6.08 Å². The molecule has 0 aliphatic heterocycles. The van der Waals surface area contributed by atoms with E-state index in [4.69, 9.17) is 4.74 Å². The minimum absolute atomic E-state index is 0.00304. The van der Waals surface area contributed by atoms with E-state index in [0.29, 0.717) is 11.5 Å². The van der Waals surface area contributed by atoms with Crippen molar-refractivity contribution in [2.24, 2.45) is 0 Å². The number of ether oxygens (including phenoxy) is 1. The standard InChI is InChI=1S/C21H17F2N3O2/c1-14(26-20(27)9-8-15-4-3-7-19(22)21(15)23)16-5-2-6-17(10-16)28-18-11-24-13-25-12-18/h2-14H,1H3,(H,26,27)/t14-/m0/s1. The van der Waals surface area contributed by atoms with Gasteiger partial charge in [-0.3, -0.25) is 4.79 Å². The minimum atomic E-state index is -0.991. The molecule has 142 valence electrons. The van der Waals surface area contributed by atoms with Crippen LogP contribution in [0.4, 0.5) is 8.78 Å². The van der Waals surface area contributed by atoms with Gasteiger partial charge in [-0.1, -0.05) is 24.3 Å². The van der Waals surface area contributed by atoms with Crippen LogP contribution in [0.3, 0.4) is 0 Å². The first-order valence-corrected chi connectivity index (χ1v) is 8.48. The molecule has 1 heterocycles. The van der Waals surface area contributed by atoms with Gasteiger partial charge in [0.1, 0.15) is 12.1 Å². The van der Waals surface area contributed by atoms with Crippen molar-refractivity contribution in [3.8, 4) is 11.5 Å².